The maximum absolute atomic E-state index is 12.6. The second kappa shape index (κ2) is 10.9. The van der Waals surface area contributed by atoms with Gasteiger partial charge < -0.3 is 19.5 Å². The summed E-state index contributed by atoms with van der Waals surface area (Å²) in [5, 5.41) is 10.9. The maximum Gasteiger partial charge on any atom is 0.260 e. The second-order valence-corrected chi connectivity index (χ2v) is 8.33. The normalized spacial score (nSPS) is 11.5. The largest absolute Gasteiger partial charge is 0.506 e. The standard InChI is InChI=1S/C27H32N2O4/c1-6-32-25-16-20(10-13-22-14-12-21-8-7-9-23(30)27(21)28-22)11-15-24(25)33-17-26(31)29(18(2)3)19(4)5/h7-16,18-19,30H,6,17H2,1-5H3/b13-10+. The van der Waals surface area contributed by atoms with E-state index in [1.165, 1.54) is 0 Å². The predicted molar refractivity (Wildman–Crippen MR) is 133 cm³/mol. The lowest BCUT2D eigenvalue weighted by molar-refractivity contribution is -0.137. The Labute approximate surface area is 195 Å². The third kappa shape index (κ3) is 6.04. The first-order valence-electron chi connectivity index (χ1n) is 11.3. The van der Waals surface area contributed by atoms with Crippen LogP contribution in [0.2, 0.25) is 0 Å². The summed E-state index contributed by atoms with van der Waals surface area (Å²) < 4.78 is 11.6. The number of carbonyl (C=O) groups is 1. The number of hydrogen-bond acceptors (Lipinski definition) is 5. The average Bonchev–Trinajstić information content (AvgIpc) is 2.77. The Morgan fingerprint density at radius 3 is 2.45 bits per heavy atom. The molecule has 174 valence electrons. The highest BCUT2D eigenvalue weighted by Gasteiger charge is 2.21. The molecule has 0 saturated heterocycles. The van der Waals surface area contributed by atoms with E-state index in [0.29, 0.717) is 23.6 Å². The number of aromatic hydroxyl groups is 1. The second-order valence-electron chi connectivity index (χ2n) is 8.33. The van der Waals surface area contributed by atoms with E-state index in [1.54, 1.807) is 12.1 Å². The van der Waals surface area contributed by atoms with E-state index in [-0.39, 0.29) is 30.3 Å². The molecule has 0 aliphatic rings. The van der Waals surface area contributed by atoms with Gasteiger partial charge in [0.25, 0.3) is 5.91 Å². The third-order valence-corrected chi connectivity index (χ3v) is 5.19. The molecule has 0 saturated carbocycles. The Hall–Kier alpha value is -3.54. The molecule has 1 amide bonds. The summed E-state index contributed by atoms with van der Waals surface area (Å²) in [6.07, 6.45) is 3.80. The van der Waals surface area contributed by atoms with E-state index >= 15 is 0 Å². The summed E-state index contributed by atoms with van der Waals surface area (Å²) in [7, 11) is 0. The summed E-state index contributed by atoms with van der Waals surface area (Å²) >= 11 is 0. The van der Waals surface area contributed by atoms with E-state index < -0.39 is 0 Å². The zero-order valence-electron chi connectivity index (χ0n) is 19.9. The molecule has 3 rings (SSSR count). The summed E-state index contributed by atoms with van der Waals surface area (Å²) in [4.78, 5) is 19.0. The van der Waals surface area contributed by atoms with Crippen molar-refractivity contribution in [3.05, 3.63) is 59.8 Å². The molecule has 1 heterocycles. The fourth-order valence-electron chi connectivity index (χ4n) is 3.82. The van der Waals surface area contributed by atoms with Crippen molar-refractivity contribution in [2.75, 3.05) is 13.2 Å². The minimum Gasteiger partial charge on any atom is -0.506 e. The smallest absolute Gasteiger partial charge is 0.260 e. The van der Waals surface area contributed by atoms with Gasteiger partial charge in [-0.1, -0.05) is 30.3 Å². The Morgan fingerprint density at radius 2 is 1.76 bits per heavy atom. The van der Waals surface area contributed by atoms with Crippen molar-refractivity contribution in [2.24, 2.45) is 0 Å². The summed E-state index contributed by atoms with van der Waals surface area (Å²) in [5.74, 6) is 1.21. The number of para-hydroxylation sites is 1. The quantitative estimate of drug-likeness (QED) is 0.466. The molecule has 0 atom stereocenters. The van der Waals surface area contributed by atoms with Crippen LogP contribution in [-0.4, -0.2) is 46.2 Å². The summed E-state index contributed by atoms with van der Waals surface area (Å²) in [5.41, 5.74) is 2.21. The van der Waals surface area contributed by atoms with Gasteiger partial charge in [0.15, 0.2) is 18.1 Å². The van der Waals surface area contributed by atoms with Crippen molar-refractivity contribution in [3.8, 4) is 17.2 Å². The number of rotatable bonds is 9. The van der Waals surface area contributed by atoms with Gasteiger partial charge in [-0.15, -0.1) is 0 Å². The van der Waals surface area contributed by atoms with Gasteiger partial charge in [-0.3, -0.25) is 4.79 Å². The number of hydrogen-bond donors (Lipinski definition) is 1. The Balaban J connectivity index is 1.77. The summed E-state index contributed by atoms with van der Waals surface area (Å²) in [6, 6.07) is 15.0. The zero-order valence-corrected chi connectivity index (χ0v) is 19.9. The van der Waals surface area contributed by atoms with Crippen LogP contribution in [-0.2, 0) is 4.79 Å². The molecule has 33 heavy (non-hydrogen) atoms. The maximum atomic E-state index is 12.6. The van der Waals surface area contributed by atoms with Crippen LogP contribution in [0.4, 0.5) is 0 Å². The number of nitrogens with zero attached hydrogens (tertiary/aromatic N) is 2. The minimum absolute atomic E-state index is 0.0455. The van der Waals surface area contributed by atoms with Crippen molar-refractivity contribution in [2.45, 2.75) is 46.7 Å². The number of pyridine rings is 1. The Kier molecular flexibility index (Phi) is 7.93. The van der Waals surface area contributed by atoms with Crippen LogP contribution in [0.15, 0.2) is 48.5 Å². The molecule has 0 aliphatic heterocycles. The molecule has 2 aromatic carbocycles. The van der Waals surface area contributed by atoms with Crippen molar-refractivity contribution in [3.63, 3.8) is 0 Å². The number of benzene rings is 2. The molecule has 1 aromatic heterocycles. The fourth-order valence-corrected chi connectivity index (χ4v) is 3.82. The van der Waals surface area contributed by atoms with Gasteiger partial charge in [-0.05, 0) is 70.5 Å². The van der Waals surface area contributed by atoms with Gasteiger partial charge in [-0.25, -0.2) is 4.98 Å². The predicted octanol–water partition coefficient (Wildman–Crippen LogP) is 5.53. The van der Waals surface area contributed by atoms with Crippen LogP contribution in [0.5, 0.6) is 17.2 Å². The van der Waals surface area contributed by atoms with E-state index in [1.807, 2.05) is 88.1 Å². The number of ether oxygens (including phenoxy) is 2. The molecular weight excluding hydrogens is 416 g/mol. The lowest BCUT2D eigenvalue weighted by Gasteiger charge is -2.30. The van der Waals surface area contributed by atoms with Gasteiger partial charge >= 0.3 is 0 Å². The highest BCUT2D eigenvalue weighted by atomic mass is 16.5. The summed E-state index contributed by atoms with van der Waals surface area (Å²) in [6.45, 7) is 10.3. The third-order valence-electron chi connectivity index (χ3n) is 5.19. The monoisotopic (exact) mass is 448 g/mol. The van der Waals surface area contributed by atoms with Crippen molar-refractivity contribution >= 4 is 29.0 Å². The minimum atomic E-state index is -0.0583. The molecule has 0 bridgehead atoms. The Morgan fingerprint density at radius 1 is 1.00 bits per heavy atom. The lowest BCUT2D eigenvalue weighted by Crippen LogP contribution is -2.44. The first-order valence-corrected chi connectivity index (χ1v) is 11.3. The molecule has 0 unspecified atom stereocenters. The van der Waals surface area contributed by atoms with Gasteiger partial charge in [0.1, 0.15) is 11.3 Å². The van der Waals surface area contributed by atoms with Crippen LogP contribution in [0.3, 0.4) is 0 Å². The molecule has 1 N–H and O–H groups in total. The van der Waals surface area contributed by atoms with Crippen LogP contribution < -0.4 is 9.47 Å². The zero-order chi connectivity index (χ0) is 24.0. The number of carbonyl (C=O) groups excluding carboxylic acids is 1. The van der Waals surface area contributed by atoms with Crippen molar-refractivity contribution in [1.82, 2.24) is 9.88 Å². The first-order chi connectivity index (χ1) is 15.8. The van der Waals surface area contributed by atoms with Crippen molar-refractivity contribution in [1.29, 1.82) is 0 Å². The van der Waals surface area contributed by atoms with Crippen LogP contribution >= 0.6 is 0 Å². The number of phenolic OH excluding ortho intramolecular Hbond substituents is 1. The number of fused-ring (bicyclic) bond motifs is 1. The highest BCUT2D eigenvalue weighted by Crippen LogP contribution is 2.30. The van der Waals surface area contributed by atoms with E-state index in [0.717, 1.165) is 16.6 Å². The SMILES string of the molecule is CCOc1cc(/C=C/c2ccc3cccc(O)c3n2)ccc1OCC(=O)N(C(C)C)C(C)C. The lowest BCUT2D eigenvalue weighted by atomic mass is 10.1. The van der Waals surface area contributed by atoms with Gasteiger partial charge in [0.2, 0.25) is 0 Å². The molecule has 3 aromatic rings. The molecule has 6 nitrogen and oxygen atoms in total. The molecule has 0 radical (unpaired) electrons. The Bertz CT molecular complexity index is 1130. The molecule has 0 aliphatic carbocycles. The number of amides is 1. The van der Waals surface area contributed by atoms with Gasteiger partial charge in [0, 0.05) is 17.5 Å². The molecule has 0 spiro atoms. The van der Waals surface area contributed by atoms with Crippen LogP contribution in [0.1, 0.15) is 45.9 Å². The highest BCUT2D eigenvalue weighted by molar-refractivity contribution is 5.85. The fraction of sp³-hybridized carbons (Fsp3) is 0.333. The topological polar surface area (TPSA) is 71.9 Å². The number of phenols is 1. The van der Waals surface area contributed by atoms with Crippen LogP contribution in [0, 0.1) is 0 Å². The average molecular weight is 449 g/mol. The van der Waals surface area contributed by atoms with Crippen LogP contribution in [0.25, 0.3) is 23.1 Å². The van der Waals surface area contributed by atoms with E-state index in [4.69, 9.17) is 9.47 Å². The molecular formula is C27H32N2O4. The van der Waals surface area contributed by atoms with E-state index in [9.17, 15) is 9.90 Å². The van der Waals surface area contributed by atoms with Crippen molar-refractivity contribution < 1.29 is 19.4 Å². The molecule has 0 fully saturated rings. The van der Waals surface area contributed by atoms with Gasteiger partial charge in [-0.2, -0.15) is 0 Å². The first kappa shape index (κ1) is 24.1. The van der Waals surface area contributed by atoms with Gasteiger partial charge in [0.05, 0.1) is 12.3 Å². The molecule has 6 heteroatoms. The van der Waals surface area contributed by atoms with E-state index in [2.05, 4.69) is 4.98 Å². The number of aromatic nitrogens is 1.